The van der Waals surface area contributed by atoms with Crippen LogP contribution in [0.15, 0.2) is 54.8 Å². The Morgan fingerprint density at radius 2 is 1.95 bits per heavy atom. The standard InChI is InChI=1S/C16H22O3Si/c1-14(19-20(2,3)4)9-8-12-16(18-13-17)15-10-6-5-7-11-15/h5-11,13,16H,1,12H2,2-4H3/b9-8+/t16-/m1/s1. The van der Waals surface area contributed by atoms with Gasteiger partial charge in [-0.25, -0.2) is 0 Å². The molecule has 0 unspecified atom stereocenters. The highest BCUT2D eigenvalue weighted by Gasteiger charge is 2.15. The summed E-state index contributed by atoms with van der Waals surface area (Å²) in [4.78, 5) is 10.6. The van der Waals surface area contributed by atoms with Gasteiger partial charge in [0.05, 0.1) is 5.76 Å². The Labute approximate surface area is 122 Å². The molecular weight excluding hydrogens is 268 g/mol. The molecule has 1 atom stereocenters. The number of allylic oxidation sites excluding steroid dienone is 1. The zero-order chi connectivity index (χ0) is 15.0. The molecule has 1 rings (SSSR count). The van der Waals surface area contributed by atoms with Crippen LogP contribution >= 0.6 is 0 Å². The van der Waals surface area contributed by atoms with E-state index < -0.39 is 8.32 Å². The van der Waals surface area contributed by atoms with E-state index in [1.165, 1.54) is 0 Å². The summed E-state index contributed by atoms with van der Waals surface area (Å²) in [5, 5.41) is 0. The Kier molecular flexibility index (Phi) is 6.25. The summed E-state index contributed by atoms with van der Waals surface area (Å²) in [6, 6.07) is 9.66. The number of rotatable bonds is 8. The van der Waals surface area contributed by atoms with Crippen LogP contribution in [0.25, 0.3) is 0 Å². The van der Waals surface area contributed by atoms with Crippen molar-refractivity contribution < 1.29 is 14.0 Å². The lowest BCUT2D eigenvalue weighted by Crippen LogP contribution is -2.24. The molecule has 4 heteroatoms. The van der Waals surface area contributed by atoms with Crippen LogP contribution in [0.4, 0.5) is 0 Å². The third kappa shape index (κ3) is 6.38. The molecule has 0 aliphatic carbocycles. The Morgan fingerprint density at radius 1 is 1.30 bits per heavy atom. The monoisotopic (exact) mass is 290 g/mol. The Balaban J connectivity index is 2.60. The van der Waals surface area contributed by atoms with Gasteiger partial charge < -0.3 is 9.16 Å². The minimum absolute atomic E-state index is 0.273. The van der Waals surface area contributed by atoms with Crippen LogP contribution in [0.3, 0.4) is 0 Å². The molecule has 0 aliphatic rings. The van der Waals surface area contributed by atoms with E-state index in [-0.39, 0.29) is 6.10 Å². The fourth-order valence-corrected chi connectivity index (χ4v) is 2.61. The summed E-state index contributed by atoms with van der Waals surface area (Å²) < 4.78 is 10.8. The van der Waals surface area contributed by atoms with Crippen molar-refractivity contribution in [3.8, 4) is 0 Å². The van der Waals surface area contributed by atoms with Crippen molar-refractivity contribution in [2.45, 2.75) is 32.2 Å². The molecule has 0 fully saturated rings. The maximum Gasteiger partial charge on any atom is 0.293 e. The lowest BCUT2D eigenvalue weighted by atomic mass is 10.1. The highest BCUT2D eigenvalue weighted by Crippen LogP contribution is 2.21. The second-order valence-electron chi connectivity index (χ2n) is 5.45. The molecule has 0 amide bonds. The van der Waals surface area contributed by atoms with Crippen LogP contribution in [0.2, 0.25) is 19.6 Å². The summed E-state index contributed by atoms with van der Waals surface area (Å²) in [5.74, 6) is 0.655. The van der Waals surface area contributed by atoms with Crippen LogP contribution in [0, 0.1) is 0 Å². The molecule has 3 nitrogen and oxygen atoms in total. The predicted octanol–water partition coefficient (Wildman–Crippen LogP) is 4.21. The van der Waals surface area contributed by atoms with Crippen molar-refractivity contribution in [1.29, 1.82) is 0 Å². The SMILES string of the molecule is C=C(/C=C/C[C@@H](OC=O)c1ccccc1)O[Si](C)(C)C. The molecule has 0 heterocycles. The molecule has 0 saturated carbocycles. The van der Waals surface area contributed by atoms with Gasteiger partial charge in [0.2, 0.25) is 8.32 Å². The van der Waals surface area contributed by atoms with Crippen LogP contribution in [-0.2, 0) is 14.0 Å². The second-order valence-corrected chi connectivity index (χ2v) is 9.88. The van der Waals surface area contributed by atoms with E-state index in [9.17, 15) is 4.79 Å². The highest BCUT2D eigenvalue weighted by molar-refractivity contribution is 6.70. The molecule has 0 radical (unpaired) electrons. The van der Waals surface area contributed by atoms with E-state index in [4.69, 9.17) is 9.16 Å². The minimum Gasteiger partial charge on any atom is -0.545 e. The fraction of sp³-hybridized carbons (Fsp3) is 0.312. The van der Waals surface area contributed by atoms with Gasteiger partial charge in [-0.2, -0.15) is 0 Å². The number of benzene rings is 1. The van der Waals surface area contributed by atoms with E-state index >= 15 is 0 Å². The maximum absolute atomic E-state index is 10.6. The van der Waals surface area contributed by atoms with E-state index in [1.54, 1.807) is 0 Å². The lowest BCUT2D eigenvalue weighted by Gasteiger charge is -2.19. The largest absolute Gasteiger partial charge is 0.545 e. The molecule has 0 aromatic heterocycles. The van der Waals surface area contributed by atoms with Crippen LogP contribution < -0.4 is 0 Å². The van der Waals surface area contributed by atoms with Crippen molar-refractivity contribution in [1.82, 2.24) is 0 Å². The number of hydrogen-bond acceptors (Lipinski definition) is 3. The lowest BCUT2D eigenvalue weighted by molar-refractivity contribution is -0.133. The molecule has 20 heavy (non-hydrogen) atoms. The molecule has 1 aromatic carbocycles. The molecule has 0 N–H and O–H groups in total. The summed E-state index contributed by atoms with van der Waals surface area (Å²) >= 11 is 0. The number of ether oxygens (including phenoxy) is 1. The molecule has 0 aliphatic heterocycles. The quantitative estimate of drug-likeness (QED) is 0.311. The Hall–Kier alpha value is -1.81. The fourth-order valence-electron chi connectivity index (χ4n) is 1.76. The first-order valence-electron chi connectivity index (χ1n) is 6.61. The van der Waals surface area contributed by atoms with Gasteiger partial charge in [0, 0.05) is 6.42 Å². The number of carbonyl (C=O) groups excluding carboxylic acids is 1. The summed E-state index contributed by atoms with van der Waals surface area (Å²) in [6.45, 7) is 10.7. The van der Waals surface area contributed by atoms with Crippen LogP contribution in [0.5, 0.6) is 0 Å². The van der Waals surface area contributed by atoms with Crippen molar-refractivity contribution >= 4 is 14.8 Å². The van der Waals surface area contributed by atoms with E-state index in [0.29, 0.717) is 18.7 Å². The third-order valence-electron chi connectivity index (χ3n) is 2.48. The smallest absolute Gasteiger partial charge is 0.293 e. The number of hydrogen-bond donors (Lipinski definition) is 0. The first-order chi connectivity index (χ1) is 9.42. The molecule has 0 saturated heterocycles. The average Bonchev–Trinajstić information content (AvgIpc) is 2.36. The van der Waals surface area contributed by atoms with E-state index in [0.717, 1.165) is 5.56 Å². The highest BCUT2D eigenvalue weighted by atomic mass is 28.4. The minimum atomic E-state index is -1.61. The first kappa shape index (κ1) is 16.2. The van der Waals surface area contributed by atoms with Gasteiger partial charge in [-0.3, -0.25) is 4.79 Å². The topological polar surface area (TPSA) is 35.5 Å². The van der Waals surface area contributed by atoms with Gasteiger partial charge in [0.1, 0.15) is 6.10 Å². The summed E-state index contributed by atoms with van der Waals surface area (Å²) in [6.07, 6.45) is 4.08. The van der Waals surface area contributed by atoms with Gasteiger partial charge >= 0.3 is 0 Å². The normalized spacial score (nSPS) is 12.9. The Morgan fingerprint density at radius 3 is 2.50 bits per heavy atom. The van der Waals surface area contributed by atoms with Crippen molar-refractivity contribution in [3.05, 3.63) is 60.4 Å². The zero-order valence-electron chi connectivity index (χ0n) is 12.3. The predicted molar refractivity (Wildman–Crippen MR) is 83.7 cm³/mol. The van der Waals surface area contributed by atoms with Gasteiger partial charge in [0.25, 0.3) is 6.47 Å². The van der Waals surface area contributed by atoms with Gasteiger partial charge in [-0.15, -0.1) is 0 Å². The van der Waals surface area contributed by atoms with Crippen molar-refractivity contribution in [2.75, 3.05) is 0 Å². The van der Waals surface area contributed by atoms with E-state index in [2.05, 4.69) is 26.2 Å². The second kappa shape index (κ2) is 7.70. The zero-order valence-corrected chi connectivity index (χ0v) is 13.3. The van der Waals surface area contributed by atoms with Crippen LogP contribution in [0.1, 0.15) is 18.1 Å². The first-order valence-corrected chi connectivity index (χ1v) is 10.0. The summed E-state index contributed by atoms with van der Waals surface area (Å²) in [7, 11) is -1.61. The van der Waals surface area contributed by atoms with Crippen molar-refractivity contribution in [3.63, 3.8) is 0 Å². The molecular formula is C16H22O3Si. The molecule has 108 valence electrons. The average molecular weight is 290 g/mol. The number of carbonyl (C=O) groups is 1. The van der Waals surface area contributed by atoms with Crippen molar-refractivity contribution in [2.24, 2.45) is 0 Å². The van der Waals surface area contributed by atoms with E-state index in [1.807, 2.05) is 42.5 Å². The van der Waals surface area contributed by atoms with Crippen LogP contribution in [-0.4, -0.2) is 14.8 Å². The Bertz CT molecular complexity index is 460. The molecule has 1 aromatic rings. The molecule has 0 spiro atoms. The van der Waals surface area contributed by atoms with Gasteiger partial charge in [-0.05, 0) is 31.3 Å². The maximum atomic E-state index is 10.6. The van der Waals surface area contributed by atoms with Gasteiger partial charge in [0.15, 0.2) is 0 Å². The molecule has 0 bridgehead atoms. The van der Waals surface area contributed by atoms with Gasteiger partial charge in [-0.1, -0.05) is 43.0 Å². The summed E-state index contributed by atoms with van der Waals surface area (Å²) in [5.41, 5.74) is 0.973. The third-order valence-corrected chi connectivity index (χ3v) is 3.36.